The van der Waals surface area contributed by atoms with Gasteiger partial charge >= 0.3 is 0 Å². The molecule has 1 aliphatic carbocycles. The van der Waals surface area contributed by atoms with Crippen LogP contribution in [0.4, 0.5) is 11.4 Å². The van der Waals surface area contributed by atoms with Gasteiger partial charge in [0.2, 0.25) is 11.8 Å². The van der Waals surface area contributed by atoms with Crippen molar-refractivity contribution in [2.45, 2.75) is 38.1 Å². The Bertz CT molecular complexity index is 562. The minimum Gasteiger partial charge on any atom is -0.327 e. The van der Waals surface area contributed by atoms with E-state index in [0.717, 1.165) is 36.2 Å². The average Bonchev–Trinajstić information content (AvgIpc) is 2.94. The van der Waals surface area contributed by atoms with Crippen molar-refractivity contribution in [1.82, 2.24) is 0 Å². The third kappa shape index (κ3) is 3.54. The quantitative estimate of drug-likeness (QED) is 0.799. The number of carbonyl (C=O) groups is 2. The lowest BCUT2D eigenvalue weighted by atomic mass is 10.00. The Labute approximate surface area is 130 Å². The molecule has 3 rings (SSSR count). The lowest BCUT2D eigenvalue weighted by molar-refractivity contribution is -0.117. The maximum atomic E-state index is 12.0. The van der Waals surface area contributed by atoms with E-state index >= 15 is 0 Å². The molecule has 1 fully saturated rings. The van der Waals surface area contributed by atoms with E-state index in [-0.39, 0.29) is 30.3 Å². The number of nitrogens with two attached hydrogens (primary N) is 1. The molecule has 2 amide bonds. The normalized spacial score (nSPS) is 23.2. The van der Waals surface area contributed by atoms with Gasteiger partial charge in [-0.3, -0.25) is 9.59 Å². The van der Waals surface area contributed by atoms with Gasteiger partial charge in [-0.15, -0.1) is 12.4 Å². The fourth-order valence-corrected chi connectivity index (χ4v) is 3.08. The smallest absolute Gasteiger partial charge is 0.228 e. The van der Waals surface area contributed by atoms with Crippen molar-refractivity contribution in [2.24, 2.45) is 11.7 Å². The van der Waals surface area contributed by atoms with Gasteiger partial charge in [0.25, 0.3) is 0 Å². The summed E-state index contributed by atoms with van der Waals surface area (Å²) in [7, 11) is 0. The number of halogens is 1. The van der Waals surface area contributed by atoms with Crippen molar-refractivity contribution in [3.8, 4) is 0 Å². The molecule has 114 valence electrons. The number of benzene rings is 1. The summed E-state index contributed by atoms with van der Waals surface area (Å²) >= 11 is 0. The molecule has 1 aromatic rings. The minimum absolute atomic E-state index is 0. The highest BCUT2D eigenvalue weighted by atomic mass is 35.5. The third-order valence-electron chi connectivity index (χ3n) is 4.18. The van der Waals surface area contributed by atoms with Crippen LogP contribution >= 0.6 is 12.4 Å². The van der Waals surface area contributed by atoms with Crippen molar-refractivity contribution < 1.29 is 9.59 Å². The zero-order chi connectivity index (χ0) is 14.1. The molecule has 0 radical (unpaired) electrons. The van der Waals surface area contributed by atoms with Crippen molar-refractivity contribution in [3.63, 3.8) is 0 Å². The number of hydrogen-bond acceptors (Lipinski definition) is 3. The van der Waals surface area contributed by atoms with Crippen LogP contribution in [-0.4, -0.2) is 17.9 Å². The van der Waals surface area contributed by atoms with Gasteiger partial charge in [0.05, 0.1) is 6.42 Å². The Hall–Kier alpha value is -1.59. The van der Waals surface area contributed by atoms with Crippen LogP contribution in [0.5, 0.6) is 0 Å². The highest BCUT2D eigenvalue weighted by molar-refractivity contribution is 6.00. The topological polar surface area (TPSA) is 84.2 Å². The molecule has 5 nitrogen and oxygen atoms in total. The van der Waals surface area contributed by atoms with Crippen molar-refractivity contribution in [3.05, 3.63) is 23.8 Å². The van der Waals surface area contributed by atoms with Crippen molar-refractivity contribution >= 4 is 35.6 Å². The molecular weight excluding hydrogens is 290 g/mol. The molecule has 1 aromatic carbocycles. The maximum Gasteiger partial charge on any atom is 0.228 e. The highest BCUT2D eigenvalue weighted by Gasteiger charge is 2.26. The third-order valence-corrected chi connectivity index (χ3v) is 4.18. The van der Waals surface area contributed by atoms with Gasteiger partial charge < -0.3 is 16.4 Å². The Kier molecular flexibility index (Phi) is 4.85. The second-order valence-corrected chi connectivity index (χ2v) is 5.70. The predicted octanol–water partition coefficient (Wildman–Crippen LogP) is 2.06. The van der Waals surface area contributed by atoms with E-state index < -0.39 is 0 Å². The molecule has 1 aliphatic heterocycles. The van der Waals surface area contributed by atoms with E-state index in [2.05, 4.69) is 10.6 Å². The molecule has 1 heterocycles. The van der Waals surface area contributed by atoms with E-state index in [4.69, 9.17) is 5.73 Å². The van der Waals surface area contributed by atoms with E-state index in [1.54, 1.807) is 0 Å². The first kappa shape index (κ1) is 15.8. The monoisotopic (exact) mass is 309 g/mol. The van der Waals surface area contributed by atoms with Gasteiger partial charge in [0.1, 0.15) is 0 Å². The lowest BCUT2D eigenvalue weighted by Gasteiger charge is -2.15. The molecule has 4 N–H and O–H groups in total. The van der Waals surface area contributed by atoms with Gasteiger partial charge in [-0.1, -0.05) is 6.42 Å². The summed E-state index contributed by atoms with van der Waals surface area (Å²) in [6.45, 7) is 0. The summed E-state index contributed by atoms with van der Waals surface area (Å²) in [6, 6.07) is 5.66. The number of nitrogens with one attached hydrogen (secondary N) is 2. The van der Waals surface area contributed by atoms with Crippen molar-refractivity contribution in [2.75, 3.05) is 10.6 Å². The first-order valence-electron chi connectivity index (χ1n) is 7.10. The standard InChI is InChI=1S/C15H19N3O2.ClH/c16-12-3-1-2-9(12)7-14(19)17-11-4-5-13-10(6-11)8-15(20)18-13;/h4-6,9,12H,1-3,7-8,16H2,(H,17,19)(H,18,20);1H/t9-,12+;/m0./s1. The minimum atomic E-state index is 0. The molecule has 2 atom stereocenters. The SMILES string of the molecule is Cl.N[C@@H]1CCC[C@H]1CC(=O)Nc1ccc2c(c1)CC(=O)N2. The Balaban J connectivity index is 0.00000161. The van der Waals surface area contributed by atoms with E-state index in [1.165, 1.54) is 0 Å². The van der Waals surface area contributed by atoms with Gasteiger partial charge in [0, 0.05) is 23.8 Å². The van der Waals surface area contributed by atoms with E-state index in [9.17, 15) is 9.59 Å². The van der Waals surface area contributed by atoms with Crippen molar-refractivity contribution in [1.29, 1.82) is 0 Å². The molecule has 0 aromatic heterocycles. The van der Waals surface area contributed by atoms with Crippen LogP contribution in [-0.2, 0) is 16.0 Å². The first-order chi connectivity index (χ1) is 9.61. The summed E-state index contributed by atoms with van der Waals surface area (Å²) in [5.74, 6) is 0.303. The fraction of sp³-hybridized carbons (Fsp3) is 0.467. The number of hydrogen-bond donors (Lipinski definition) is 3. The predicted molar refractivity (Wildman–Crippen MR) is 84.6 cm³/mol. The summed E-state index contributed by atoms with van der Waals surface area (Å²) < 4.78 is 0. The van der Waals surface area contributed by atoms with Gasteiger partial charge in [-0.25, -0.2) is 0 Å². The molecule has 2 aliphatic rings. The second-order valence-electron chi connectivity index (χ2n) is 5.70. The van der Waals surface area contributed by atoms with Crippen LogP contribution in [0.15, 0.2) is 18.2 Å². The van der Waals surface area contributed by atoms with Crippen LogP contribution in [0.2, 0.25) is 0 Å². The summed E-state index contributed by atoms with van der Waals surface area (Å²) in [4.78, 5) is 23.3. The summed E-state index contributed by atoms with van der Waals surface area (Å²) in [5.41, 5.74) is 8.51. The number of fused-ring (bicyclic) bond motifs is 1. The Morgan fingerprint density at radius 3 is 2.90 bits per heavy atom. The molecule has 0 unspecified atom stereocenters. The summed E-state index contributed by atoms with van der Waals surface area (Å²) in [5, 5.41) is 5.67. The van der Waals surface area contributed by atoms with Crippen LogP contribution in [0.3, 0.4) is 0 Å². The number of amides is 2. The fourth-order valence-electron chi connectivity index (χ4n) is 3.08. The number of carbonyl (C=O) groups excluding carboxylic acids is 2. The number of anilines is 2. The van der Waals surface area contributed by atoms with E-state index in [1.807, 2.05) is 18.2 Å². The lowest BCUT2D eigenvalue weighted by Crippen LogP contribution is -2.28. The number of rotatable bonds is 3. The molecule has 0 saturated heterocycles. The van der Waals surface area contributed by atoms with Crippen LogP contribution in [0.25, 0.3) is 0 Å². The van der Waals surface area contributed by atoms with Crippen LogP contribution < -0.4 is 16.4 Å². The summed E-state index contributed by atoms with van der Waals surface area (Å²) in [6.07, 6.45) is 4.04. The molecule has 0 spiro atoms. The molecule has 21 heavy (non-hydrogen) atoms. The van der Waals surface area contributed by atoms with E-state index in [0.29, 0.717) is 18.8 Å². The van der Waals surface area contributed by atoms with Crippen LogP contribution in [0.1, 0.15) is 31.2 Å². The molecule has 0 bridgehead atoms. The molecule has 1 saturated carbocycles. The zero-order valence-electron chi connectivity index (χ0n) is 11.7. The Morgan fingerprint density at radius 1 is 1.38 bits per heavy atom. The van der Waals surface area contributed by atoms with Gasteiger partial charge in [0.15, 0.2) is 0 Å². The van der Waals surface area contributed by atoms with Gasteiger partial charge in [-0.2, -0.15) is 0 Å². The Morgan fingerprint density at radius 2 is 2.19 bits per heavy atom. The molecular formula is C15H20ClN3O2. The van der Waals surface area contributed by atoms with Crippen LogP contribution in [0, 0.1) is 5.92 Å². The zero-order valence-corrected chi connectivity index (χ0v) is 12.5. The average molecular weight is 310 g/mol. The largest absolute Gasteiger partial charge is 0.327 e. The highest BCUT2D eigenvalue weighted by Crippen LogP contribution is 2.28. The second kappa shape index (κ2) is 6.45. The maximum absolute atomic E-state index is 12.0. The van der Waals surface area contributed by atoms with Gasteiger partial charge in [-0.05, 0) is 42.5 Å². The molecule has 6 heteroatoms. The first-order valence-corrected chi connectivity index (χ1v) is 7.10.